The maximum Gasteiger partial charge on any atom is 0.261 e. The number of nitrogens with one attached hydrogen (secondary N) is 2. The van der Waals surface area contributed by atoms with Crippen molar-refractivity contribution in [2.45, 2.75) is 56.4 Å². The second kappa shape index (κ2) is 9.08. The SMILES string of the molecule is CCOc1ccc(S(=O)(=O)Nc2ccc(NC3CCCCCC3)nc2)cc1. The first-order chi connectivity index (χ1) is 13.1. The maximum atomic E-state index is 12.5. The summed E-state index contributed by atoms with van der Waals surface area (Å²) in [6, 6.07) is 10.4. The van der Waals surface area contributed by atoms with Crippen LogP contribution in [0.4, 0.5) is 11.5 Å². The van der Waals surface area contributed by atoms with Gasteiger partial charge in [-0.25, -0.2) is 13.4 Å². The van der Waals surface area contributed by atoms with Gasteiger partial charge in [-0.1, -0.05) is 25.7 Å². The molecule has 0 atom stereocenters. The van der Waals surface area contributed by atoms with Crippen LogP contribution in [-0.2, 0) is 10.0 Å². The van der Waals surface area contributed by atoms with Crippen LogP contribution in [0.15, 0.2) is 47.5 Å². The Kier molecular flexibility index (Phi) is 6.55. The molecule has 2 aromatic rings. The van der Waals surface area contributed by atoms with E-state index in [1.807, 2.05) is 13.0 Å². The summed E-state index contributed by atoms with van der Waals surface area (Å²) in [7, 11) is -3.66. The fourth-order valence-electron chi connectivity index (χ4n) is 3.27. The van der Waals surface area contributed by atoms with E-state index in [9.17, 15) is 8.42 Å². The predicted octanol–water partition coefficient (Wildman–Crippen LogP) is 4.42. The highest BCUT2D eigenvalue weighted by Crippen LogP contribution is 2.22. The average Bonchev–Trinajstić information content (AvgIpc) is 2.93. The molecule has 0 amide bonds. The van der Waals surface area contributed by atoms with Crippen molar-refractivity contribution in [3.05, 3.63) is 42.6 Å². The van der Waals surface area contributed by atoms with Crippen LogP contribution in [0.25, 0.3) is 0 Å². The van der Waals surface area contributed by atoms with Gasteiger partial charge < -0.3 is 10.1 Å². The molecule has 1 saturated carbocycles. The van der Waals surface area contributed by atoms with E-state index in [1.54, 1.807) is 24.4 Å². The number of benzene rings is 1. The van der Waals surface area contributed by atoms with Crippen molar-refractivity contribution in [3.63, 3.8) is 0 Å². The monoisotopic (exact) mass is 389 g/mol. The van der Waals surface area contributed by atoms with Gasteiger partial charge in [-0.3, -0.25) is 4.72 Å². The lowest BCUT2D eigenvalue weighted by atomic mass is 10.1. The molecule has 0 saturated heterocycles. The van der Waals surface area contributed by atoms with E-state index in [0.717, 1.165) is 18.7 Å². The summed E-state index contributed by atoms with van der Waals surface area (Å²) >= 11 is 0. The topological polar surface area (TPSA) is 80.3 Å². The van der Waals surface area contributed by atoms with Gasteiger partial charge in [-0.05, 0) is 56.2 Å². The lowest BCUT2D eigenvalue weighted by Crippen LogP contribution is -2.19. The summed E-state index contributed by atoms with van der Waals surface area (Å²) < 4.78 is 32.9. The molecule has 146 valence electrons. The normalized spacial score (nSPS) is 15.7. The van der Waals surface area contributed by atoms with E-state index in [2.05, 4.69) is 15.0 Å². The van der Waals surface area contributed by atoms with Gasteiger partial charge in [-0.2, -0.15) is 0 Å². The Hall–Kier alpha value is -2.28. The smallest absolute Gasteiger partial charge is 0.261 e. The Labute approximate surface area is 161 Å². The zero-order valence-electron chi connectivity index (χ0n) is 15.6. The van der Waals surface area contributed by atoms with Crippen molar-refractivity contribution < 1.29 is 13.2 Å². The van der Waals surface area contributed by atoms with Crippen LogP contribution in [0.2, 0.25) is 0 Å². The summed E-state index contributed by atoms with van der Waals surface area (Å²) in [6.07, 6.45) is 8.97. The molecule has 0 aliphatic heterocycles. The summed E-state index contributed by atoms with van der Waals surface area (Å²) in [5, 5.41) is 3.46. The van der Waals surface area contributed by atoms with Crippen LogP contribution < -0.4 is 14.8 Å². The van der Waals surface area contributed by atoms with Crippen LogP contribution in [-0.4, -0.2) is 26.1 Å². The number of sulfonamides is 1. The number of ether oxygens (including phenoxy) is 1. The summed E-state index contributed by atoms with van der Waals surface area (Å²) in [5.41, 5.74) is 0.440. The molecule has 2 N–H and O–H groups in total. The van der Waals surface area contributed by atoms with Crippen molar-refractivity contribution in [1.29, 1.82) is 0 Å². The Morgan fingerprint density at radius 1 is 1.04 bits per heavy atom. The minimum absolute atomic E-state index is 0.187. The molecule has 0 unspecified atom stereocenters. The van der Waals surface area contributed by atoms with Crippen molar-refractivity contribution in [3.8, 4) is 5.75 Å². The molecule has 1 aromatic heterocycles. The van der Waals surface area contributed by atoms with Gasteiger partial charge in [0.05, 0.1) is 23.4 Å². The third-order valence-electron chi connectivity index (χ3n) is 4.67. The molecule has 1 aromatic carbocycles. The Morgan fingerprint density at radius 2 is 1.74 bits per heavy atom. The number of hydrogen-bond donors (Lipinski definition) is 2. The Balaban J connectivity index is 1.62. The van der Waals surface area contributed by atoms with Crippen LogP contribution in [0.1, 0.15) is 45.4 Å². The molecule has 6 nitrogen and oxygen atoms in total. The highest BCUT2D eigenvalue weighted by atomic mass is 32.2. The zero-order valence-corrected chi connectivity index (χ0v) is 16.5. The molecule has 1 fully saturated rings. The number of anilines is 2. The second-order valence-corrected chi connectivity index (χ2v) is 8.46. The third kappa shape index (κ3) is 5.60. The number of aromatic nitrogens is 1. The Morgan fingerprint density at radius 3 is 2.33 bits per heavy atom. The molecule has 1 aliphatic carbocycles. The molecule has 3 rings (SSSR count). The van der Waals surface area contributed by atoms with Gasteiger partial charge >= 0.3 is 0 Å². The predicted molar refractivity (Wildman–Crippen MR) is 108 cm³/mol. The molecule has 1 aliphatic rings. The van der Waals surface area contributed by atoms with Crippen LogP contribution in [0.3, 0.4) is 0 Å². The minimum Gasteiger partial charge on any atom is -0.494 e. The number of pyridine rings is 1. The Bertz CT molecular complexity index is 813. The maximum absolute atomic E-state index is 12.5. The first-order valence-electron chi connectivity index (χ1n) is 9.55. The van der Waals surface area contributed by atoms with Crippen molar-refractivity contribution >= 4 is 21.5 Å². The van der Waals surface area contributed by atoms with Gasteiger partial charge in [0.1, 0.15) is 11.6 Å². The summed E-state index contributed by atoms with van der Waals surface area (Å²) in [6.45, 7) is 2.42. The van der Waals surface area contributed by atoms with Crippen molar-refractivity contribution in [2.75, 3.05) is 16.6 Å². The molecule has 1 heterocycles. The van der Waals surface area contributed by atoms with E-state index < -0.39 is 10.0 Å². The van der Waals surface area contributed by atoms with E-state index in [-0.39, 0.29) is 4.90 Å². The fourth-order valence-corrected chi connectivity index (χ4v) is 4.31. The van der Waals surface area contributed by atoms with Gasteiger partial charge in [-0.15, -0.1) is 0 Å². The van der Waals surface area contributed by atoms with Gasteiger partial charge in [0.25, 0.3) is 10.0 Å². The number of nitrogens with zero attached hydrogens (tertiary/aromatic N) is 1. The van der Waals surface area contributed by atoms with Crippen LogP contribution in [0, 0.1) is 0 Å². The highest BCUT2D eigenvalue weighted by molar-refractivity contribution is 7.92. The van der Waals surface area contributed by atoms with E-state index in [1.165, 1.54) is 37.8 Å². The largest absolute Gasteiger partial charge is 0.494 e. The lowest BCUT2D eigenvalue weighted by molar-refractivity contribution is 0.340. The second-order valence-electron chi connectivity index (χ2n) is 6.77. The molecule has 0 bridgehead atoms. The molecular formula is C20H27N3O3S. The van der Waals surface area contributed by atoms with E-state index in [4.69, 9.17) is 4.74 Å². The first-order valence-corrected chi connectivity index (χ1v) is 11.0. The number of hydrogen-bond acceptors (Lipinski definition) is 5. The molecule has 27 heavy (non-hydrogen) atoms. The average molecular weight is 390 g/mol. The highest BCUT2D eigenvalue weighted by Gasteiger charge is 2.15. The molecule has 0 radical (unpaired) electrons. The number of rotatable bonds is 7. The molecule has 0 spiro atoms. The van der Waals surface area contributed by atoms with Gasteiger partial charge in [0.15, 0.2) is 0 Å². The summed E-state index contributed by atoms with van der Waals surface area (Å²) in [5.74, 6) is 1.43. The molecular weight excluding hydrogens is 362 g/mol. The van der Waals surface area contributed by atoms with E-state index in [0.29, 0.717) is 24.1 Å². The van der Waals surface area contributed by atoms with Crippen molar-refractivity contribution in [1.82, 2.24) is 4.98 Å². The first kappa shape index (κ1) is 19.5. The standard InChI is InChI=1S/C20H27N3O3S/c1-2-26-18-10-12-19(13-11-18)27(24,25)23-17-9-14-20(21-15-17)22-16-7-5-3-4-6-8-16/h9-16,23H,2-8H2,1H3,(H,21,22). The third-order valence-corrected chi connectivity index (χ3v) is 6.07. The summed E-state index contributed by atoms with van der Waals surface area (Å²) in [4.78, 5) is 4.55. The van der Waals surface area contributed by atoms with E-state index >= 15 is 0 Å². The lowest BCUT2D eigenvalue weighted by Gasteiger charge is -2.17. The van der Waals surface area contributed by atoms with Gasteiger partial charge in [0, 0.05) is 6.04 Å². The fraction of sp³-hybridized carbons (Fsp3) is 0.450. The van der Waals surface area contributed by atoms with Crippen LogP contribution >= 0.6 is 0 Å². The zero-order chi connectivity index (χ0) is 19.1. The quantitative estimate of drug-likeness (QED) is 0.686. The molecule has 7 heteroatoms. The van der Waals surface area contributed by atoms with Crippen LogP contribution in [0.5, 0.6) is 5.75 Å². The van der Waals surface area contributed by atoms with Gasteiger partial charge in [0.2, 0.25) is 0 Å². The van der Waals surface area contributed by atoms with Crippen molar-refractivity contribution in [2.24, 2.45) is 0 Å². The minimum atomic E-state index is -3.66.